The van der Waals surface area contributed by atoms with E-state index in [0.717, 1.165) is 32.1 Å². The van der Waals surface area contributed by atoms with Crippen LogP contribution in [0, 0.1) is 62.1 Å². The van der Waals surface area contributed by atoms with Gasteiger partial charge in [0, 0.05) is 5.41 Å². The third-order valence-electron chi connectivity index (χ3n) is 15.0. The Balaban J connectivity index is 1.42. The molecule has 5 aliphatic rings. The van der Waals surface area contributed by atoms with Gasteiger partial charge in [-0.05, 0) is 128 Å². The maximum Gasteiger partial charge on any atom is 0.306 e. The topological polar surface area (TPSA) is 83.8 Å². The average molecular weight is 585 g/mol. The number of carboxylic acid groups (broad SMARTS) is 1. The van der Waals surface area contributed by atoms with Gasteiger partial charge >= 0.3 is 11.9 Å². The van der Waals surface area contributed by atoms with E-state index in [4.69, 9.17) is 4.74 Å². The lowest BCUT2D eigenvalue weighted by Gasteiger charge is -2.73. The molecule has 10 atom stereocenters. The number of hydrogen-bond donors (Lipinski definition) is 2. The summed E-state index contributed by atoms with van der Waals surface area (Å²) < 4.78 is 6.11. The SMILES string of the molecule is C=C(C)[C@@H]1CC[C@]2(COC(=O)CC(C)(C)CC(=O)O)CC[C@]3(C)C(CCC4[C@@]5(C)CC[C@H](O)C(C)(C)C5CC[C@]43C)C12. The van der Waals surface area contributed by atoms with Crippen molar-refractivity contribution < 1.29 is 24.5 Å². The zero-order valence-corrected chi connectivity index (χ0v) is 28.0. The molecule has 0 amide bonds. The minimum atomic E-state index is -0.877. The smallest absolute Gasteiger partial charge is 0.306 e. The molecule has 0 aliphatic heterocycles. The maximum absolute atomic E-state index is 13.1. The van der Waals surface area contributed by atoms with Gasteiger partial charge in [0.1, 0.15) is 0 Å². The van der Waals surface area contributed by atoms with Crippen molar-refractivity contribution in [2.75, 3.05) is 6.61 Å². The van der Waals surface area contributed by atoms with E-state index in [2.05, 4.69) is 48.1 Å². The molecule has 0 radical (unpaired) electrons. The summed E-state index contributed by atoms with van der Waals surface area (Å²) >= 11 is 0. The monoisotopic (exact) mass is 584 g/mol. The Hall–Kier alpha value is -1.36. The highest BCUT2D eigenvalue weighted by Gasteiger charge is 2.71. The molecule has 5 nitrogen and oxygen atoms in total. The number of aliphatic hydroxyl groups excluding tert-OH is 1. The van der Waals surface area contributed by atoms with Crippen molar-refractivity contribution >= 4 is 11.9 Å². The van der Waals surface area contributed by atoms with E-state index in [0.29, 0.717) is 36.2 Å². The van der Waals surface area contributed by atoms with Gasteiger partial charge in [-0.1, -0.05) is 60.6 Å². The molecule has 0 heterocycles. The second kappa shape index (κ2) is 10.3. The fourth-order valence-corrected chi connectivity index (χ4v) is 12.7. The van der Waals surface area contributed by atoms with Crippen LogP contribution in [-0.4, -0.2) is 34.9 Å². The predicted molar refractivity (Wildman–Crippen MR) is 167 cm³/mol. The summed E-state index contributed by atoms with van der Waals surface area (Å²) in [6.45, 7) is 23.3. The summed E-state index contributed by atoms with van der Waals surface area (Å²) in [5.41, 5.74) is 1.36. The summed E-state index contributed by atoms with van der Waals surface area (Å²) in [5.74, 6) is 1.62. The minimum absolute atomic E-state index is 0.0123. The largest absolute Gasteiger partial charge is 0.481 e. The Bertz CT molecular complexity index is 1110. The third-order valence-corrected chi connectivity index (χ3v) is 15.0. The predicted octanol–water partition coefficient (Wildman–Crippen LogP) is 8.44. The summed E-state index contributed by atoms with van der Waals surface area (Å²) in [5, 5.41) is 20.3. The standard InChI is InChI=1S/C37H60O5/c1-23(2)24-12-17-37(22-42-30(41)21-32(3,4)20-29(39)40)19-18-35(8)25(31(24)37)10-11-27-34(7)15-14-28(38)33(5,6)26(34)13-16-36(27,35)9/h24-28,31,38H,1,10-22H2,2-9H3,(H,39,40)/t24-,25?,26?,27?,28-,31?,34-,35+,36+,37+/m0/s1. The van der Waals surface area contributed by atoms with Gasteiger partial charge in [0.25, 0.3) is 0 Å². The molecule has 2 N–H and O–H groups in total. The number of allylic oxidation sites excluding steroid dienone is 1. The quantitative estimate of drug-likeness (QED) is 0.232. The molecule has 5 fully saturated rings. The van der Waals surface area contributed by atoms with Crippen LogP contribution in [0.25, 0.3) is 0 Å². The van der Waals surface area contributed by atoms with Gasteiger partial charge in [-0.2, -0.15) is 0 Å². The average Bonchev–Trinajstić information content (AvgIpc) is 3.25. The Labute approximate surface area is 255 Å². The number of carboxylic acids is 1. The van der Waals surface area contributed by atoms with Gasteiger partial charge in [-0.25, -0.2) is 0 Å². The van der Waals surface area contributed by atoms with E-state index in [1.165, 1.54) is 37.7 Å². The fraction of sp³-hybridized carbons (Fsp3) is 0.892. The second-order valence-corrected chi connectivity index (χ2v) is 18.0. The van der Waals surface area contributed by atoms with Gasteiger partial charge in [0.2, 0.25) is 0 Å². The van der Waals surface area contributed by atoms with Crippen LogP contribution in [0.1, 0.15) is 132 Å². The molecule has 5 saturated carbocycles. The number of esters is 1. The molecule has 42 heavy (non-hydrogen) atoms. The molecule has 5 aliphatic carbocycles. The second-order valence-electron chi connectivity index (χ2n) is 18.0. The first-order chi connectivity index (χ1) is 19.3. The molecule has 5 heteroatoms. The number of fused-ring (bicyclic) bond motifs is 7. The van der Waals surface area contributed by atoms with Crippen molar-refractivity contribution in [1.29, 1.82) is 0 Å². The van der Waals surface area contributed by atoms with Crippen LogP contribution in [0.15, 0.2) is 12.2 Å². The van der Waals surface area contributed by atoms with Crippen LogP contribution in [-0.2, 0) is 14.3 Å². The van der Waals surface area contributed by atoms with Crippen molar-refractivity contribution in [3.05, 3.63) is 12.2 Å². The van der Waals surface area contributed by atoms with Crippen LogP contribution in [0.2, 0.25) is 0 Å². The first-order valence-electron chi connectivity index (χ1n) is 17.0. The van der Waals surface area contributed by atoms with E-state index in [1.54, 1.807) is 0 Å². The molecular formula is C37H60O5. The van der Waals surface area contributed by atoms with Crippen molar-refractivity contribution in [2.45, 2.75) is 139 Å². The normalized spacial score (nSPS) is 46.0. The highest BCUT2D eigenvalue weighted by molar-refractivity contribution is 5.73. The minimum Gasteiger partial charge on any atom is -0.481 e. The molecule has 0 bridgehead atoms. The lowest BCUT2D eigenvalue weighted by atomic mass is 9.32. The lowest BCUT2D eigenvalue weighted by Crippen LogP contribution is -2.66. The van der Waals surface area contributed by atoms with E-state index in [-0.39, 0.29) is 52.0 Å². The first kappa shape index (κ1) is 32.0. The third kappa shape index (κ3) is 4.72. The fourth-order valence-electron chi connectivity index (χ4n) is 12.7. The van der Waals surface area contributed by atoms with Crippen molar-refractivity contribution in [3.63, 3.8) is 0 Å². The summed E-state index contributed by atoms with van der Waals surface area (Å²) in [6, 6.07) is 0. The van der Waals surface area contributed by atoms with Gasteiger partial charge < -0.3 is 14.9 Å². The molecule has 0 aromatic carbocycles. The van der Waals surface area contributed by atoms with Crippen LogP contribution in [0.3, 0.4) is 0 Å². The van der Waals surface area contributed by atoms with E-state index < -0.39 is 11.4 Å². The van der Waals surface area contributed by atoms with Crippen LogP contribution in [0.5, 0.6) is 0 Å². The number of ether oxygens (including phenoxy) is 1. The Morgan fingerprint density at radius 3 is 2.19 bits per heavy atom. The lowest BCUT2D eigenvalue weighted by molar-refractivity contribution is -0.250. The Morgan fingerprint density at radius 1 is 0.857 bits per heavy atom. The molecule has 238 valence electrons. The molecular weight excluding hydrogens is 524 g/mol. The molecule has 0 saturated heterocycles. The van der Waals surface area contributed by atoms with Crippen LogP contribution < -0.4 is 0 Å². The highest BCUT2D eigenvalue weighted by Crippen LogP contribution is 2.77. The molecule has 5 rings (SSSR count). The number of aliphatic hydroxyl groups is 1. The molecule has 0 aromatic rings. The zero-order valence-electron chi connectivity index (χ0n) is 28.0. The van der Waals surface area contributed by atoms with Gasteiger partial charge in [0.05, 0.1) is 25.6 Å². The molecule has 0 aromatic heterocycles. The van der Waals surface area contributed by atoms with E-state index in [9.17, 15) is 19.8 Å². The first-order valence-corrected chi connectivity index (χ1v) is 17.0. The summed E-state index contributed by atoms with van der Waals surface area (Å²) in [7, 11) is 0. The number of hydrogen-bond acceptors (Lipinski definition) is 4. The van der Waals surface area contributed by atoms with E-state index in [1.807, 2.05) is 13.8 Å². The van der Waals surface area contributed by atoms with Gasteiger partial charge in [-0.3, -0.25) is 9.59 Å². The zero-order chi connectivity index (χ0) is 31.1. The summed E-state index contributed by atoms with van der Waals surface area (Å²) in [6.07, 6.45) is 11.4. The highest BCUT2D eigenvalue weighted by atomic mass is 16.5. The van der Waals surface area contributed by atoms with Crippen molar-refractivity contribution in [1.82, 2.24) is 0 Å². The number of carbonyl (C=O) groups excluding carboxylic acids is 1. The van der Waals surface area contributed by atoms with Crippen LogP contribution >= 0.6 is 0 Å². The Kier molecular flexibility index (Phi) is 7.89. The van der Waals surface area contributed by atoms with Crippen molar-refractivity contribution in [3.8, 4) is 0 Å². The van der Waals surface area contributed by atoms with Crippen LogP contribution in [0.4, 0.5) is 0 Å². The molecule has 4 unspecified atom stereocenters. The van der Waals surface area contributed by atoms with Gasteiger partial charge in [-0.15, -0.1) is 0 Å². The molecule has 0 spiro atoms. The van der Waals surface area contributed by atoms with Crippen molar-refractivity contribution in [2.24, 2.45) is 62.1 Å². The maximum atomic E-state index is 13.1. The Morgan fingerprint density at radius 2 is 1.55 bits per heavy atom. The van der Waals surface area contributed by atoms with Gasteiger partial charge in [0.15, 0.2) is 0 Å². The number of carbonyl (C=O) groups is 2. The van der Waals surface area contributed by atoms with E-state index >= 15 is 0 Å². The number of rotatable bonds is 7. The summed E-state index contributed by atoms with van der Waals surface area (Å²) in [4.78, 5) is 24.4. The number of aliphatic carboxylic acids is 1.